The van der Waals surface area contributed by atoms with Crippen LogP contribution in [0.1, 0.15) is 0 Å². The summed E-state index contributed by atoms with van der Waals surface area (Å²) in [5, 5.41) is 2.42. The van der Waals surface area contributed by atoms with Gasteiger partial charge in [-0.3, -0.25) is 0 Å². The summed E-state index contributed by atoms with van der Waals surface area (Å²) in [6.45, 7) is 7.73. The van der Waals surface area contributed by atoms with Crippen LogP contribution in [0.4, 0.5) is 0 Å². The Bertz CT molecular complexity index is 224. The van der Waals surface area contributed by atoms with Crippen LogP contribution in [0.2, 0.25) is 0 Å². The van der Waals surface area contributed by atoms with Gasteiger partial charge < -0.3 is 14.8 Å². The lowest BCUT2D eigenvalue weighted by atomic mass is 10.3. The first-order valence-corrected chi connectivity index (χ1v) is 5.21. The predicted molar refractivity (Wildman–Crippen MR) is 51.7 cm³/mol. The molecule has 0 saturated carbocycles. The summed E-state index contributed by atoms with van der Waals surface area (Å²) in [6, 6.07) is 4.19. The highest BCUT2D eigenvalue weighted by atomic mass is 15.2. The van der Waals surface area contributed by atoms with Gasteiger partial charge in [-0.25, -0.2) is 0 Å². The number of hydrogen-bond donors (Lipinski definition) is 2. The van der Waals surface area contributed by atoms with Crippen molar-refractivity contribution in [3.05, 3.63) is 24.5 Å². The van der Waals surface area contributed by atoms with E-state index in [-0.39, 0.29) is 0 Å². The van der Waals surface area contributed by atoms with Crippen LogP contribution in [0.5, 0.6) is 0 Å². The first-order chi connectivity index (χ1) is 6.45. The van der Waals surface area contributed by atoms with Crippen LogP contribution < -0.4 is 10.2 Å². The van der Waals surface area contributed by atoms with E-state index < -0.39 is 0 Å². The van der Waals surface area contributed by atoms with Crippen molar-refractivity contribution in [1.82, 2.24) is 4.57 Å². The van der Waals surface area contributed by atoms with E-state index in [1.54, 1.807) is 4.90 Å². The molecule has 0 unspecified atom stereocenters. The predicted octanol–water partition coefficient (Wildman–Crippen LogP) is -2.05. The normalized spacial score (nSPS) is 19.1. The minimum Gasteiger partial charge on any atom is -0.349 e. The molecule has 1 aliphatic rings. The molecule has 1 aromatic rings. The molecule has 0 radical (unpaired) electrons. The third-order valence-electron chi connectivity index (χ3n) is 2.79. The van der Waals surface area contributed by atoms with Gasteiger partial charge in [0.25, 0.3) is 0 Å². The fourth-order valence-corrected chi connectivity index (χ4v) is 1.94. The molecule has 0 atom stereocenters. The van der Waals surface area contributed by atoms with Crippen molar-refractivity contribution in [1.29, 1.82) is 0 Å². The zero-order chi connectivity index (χ0) is 8.93. The highest BCUT2D eigenvalue weighted by molar-refractivity contribution is 4.89. The molecule has 0 aliphatic carbocycles. The van der Waals surface area contributed by atoms with E-state index in [0.717, 1.165) is 0 Å². The van der Waals surface area contributed by atoms with Gasteiger partial charge in [0.2, 0.25) is 0 Å². The first kappa shape index (κ1) is 8.78. The van der Waals surface area contributed by atoms with Crippen LogP contribution in [0.15, 0.2) is 24.5 Å². The number of nitrogens with one attached hydrogen (secondary N) is 1. The summed E-state index contributed by atoms with van der Waals surface area (Å²) in [6.07, 6.45) is 4.30. The van der Waals surface area contributed by atoms with E-state index in [1.807, 2.05) is 0 Å². The zero-order valence-corrected chi connectivity index (χ0v) is 8.08. The molecular formula is C10H19N3+2. The second kappa shape index (κ2) is 4.44. The van der Waals surface area contributed by atoms with Crippen LogP contribution in [0.3, 0.4) is 0 Å². The maximum atomic E-state index is 2.42. The standard InChI is InChI=1S/C10H17N3/c1-2-6-12(5-1)9-10-13-7-3-11-4-8-13/h1-2,5-6,11H,3-4,7-10H2/p+2. The molecule has 2 heterocycles. The van der Waals surface area contributed by atoms with E-state index in [4.69, 9.17) is 0 Å². The summed E-state index contributed by atoms with van der Waals surface area (Å²) < 4.78 is 2.27. The number of nitrogens with zero attached hydrogens (tertiary/aromatic N) is 1. The van der Waals surface area contributed by atoms with Gasteiger partial charge in [-0.2, -0.15) is 0 Å². The summed E-state index contributed by atoms with van der Waals surface area (Å²) >= 11 is 0. The maximum absolute atomic E-state index is 2.42. The molecule has 2 rings (SSSR count). The van der Waals surface area contributed by atoms with Gasteiger partial charge in [-0.1, -0.05) is 0 Å². The monoisotopic (exact) mass is 181 g/mol. The Morgan fingerprint density at radius 3 is 2.54 bits per heavy atom. The number of rotatable bonds is 3. The van der Waals surface area contributed by atoms with Crippen LogP contribution in [-0.2, 0) is 6.54 Å². The SMILES string of the molecule is c1ccn(CC[NH+]2CC[NH2+]CC2)c1. The minimum atomic E-state index is 1.17. The lowest BCUT2D eigenvalue weighted by molar-refractivity contribution is -0.947. The molecule has 13 heavy (non-hydrogen) atoms. The molecule has 3 heteroatoms. The van der Waals surface area contributed by atoms with Crippen molar-refractivity contribution in [2.24, 2.45) is 0 Å². The minimum absolute atomic E-state index is 1.17. The van der Waals surface area contributed by atoms with Crippen molar-refractivity contribution < 1.29 is 10.2 Å². The number of hydrogen-bond acceptors (Lipinski definition) is 0. The molecule has 1 fully saturated rings. The molecule has 0 aromatic carbocycles. The molecule has 1 saturated heterocycles. The zero-order valence-electron chi connectivity index (χ0n) is 8.08. The molecule has 0 spiro atoms. The van der Waals surface area contributed by atoms with Crippen molar-refractivity contribution >= 4 is 0 Å². The number of nitrogens with two attached hydrogens (primary N) is 1. The van der Waals surface area contributed by atoms with Gasteiger partial charge in [-0.15, -0.1) is 0 Å². The summed E-state index contributed by atoms with van der Waals surface area (Å²) in [5.74, 6) is 0. The van der Waals surface area contributed by atoms with E-state index in [9.17, 15) is 0 Å². The van der Waals surface area contributed by atoms with Gasteiger partial charge in [0.05, 0.1) is 13.1 Å². The Morgan fingerprint density at radius 2 is 1.85 bits per heavy atom. The van der Waals surface area contributed by atoms with E-state index >= 15 is 0 Å². The summed E-state index contributed by atoms with van der Waals surface area (Å²) in [5.41, 5.74) is 0. The second-order valence-corrected chi connectivity index (χ2v) is 3.79. The third-order valence-corrected chi connectivity index (χ3v) is 2.79. The molecule has 72 valence electrons. The topological polar surface area (TPSA) is 26.0 Å². The van der Waals surface area contributed by atoms with Crippen LogP contribution in [0.25, 0.3) is 0 Å². The van der Waals surface area contributed by atoms with Crippen LogP contribution in [-0.4, -0.2) is 37.3 Å². The van der Waals surface area contributed by atoms with Crippen molar-refractivity contribution in [2.45, 2.75) is 6.54 Å². The Kier molecular flexibility index (Phi) is 3.00. The average Bonchev–Trinajstić information content (AvgIpc) is 2.69. The first-order valence-electron chi connectivity index (χ1n) is 5.21. The highest BCUT2D eigenvalue weighted by Crippen LogP contribution is 1.86. The number of piperazine rings is 1. The molecule has 1 aromatic heterocycles. The van der Waals surface area contributed by atoms with Crippen molar-refractivity contribution in [2.75, 3.05) is 32.7 Å². The van der Waals surface area contributed by atoms with Crippen LogP contribution >= 0.6 is 0 Å². The molecule has 3 nitrogen and oxygen atoms in total. The van der Waals surface area contributed by atoms with Crippen LogP contribution in [0, 0.1) is 0 Å². The van der Waals surface area contributed by atoms with Crippen molar-refractivity contribution in [3.63, 3.8) is 0 Å². The highest BCUT2D eigenvalue weighted by Gasteiger charge is 2.14. The maximum Gasteiger partial charge on any atom is 0.127 e. The lowest BCUT2D eigenvalue weighted by Crippen LogP contribution is -3.20. The smallest absolute Gasteiger partial charge is 0.127 e. The van der Waals surface area contributed by atoms with E-state index in [0.29, 0.717) is 0 Å². The van der Waals surface area contributed by atoms with Gasteiger partial charge in [0, 0.05) is 12.4 Å². The van der Waals surface area contributed by atoms with Gasteiger partial charge >= 0.3 is 0 Å². The van der Waals surface area contributed by atoms with E-state index in [1.165, 1.54) is 39.3 Å². The third kappa shape index (κ3) is 2.57. The number of aromatic nitrogens is 1. The fourth-order valence-electron chi connectivity index (χ4n) is 1.94. The Labute approximate surface area is 79.3 Å². The molecule has 0 bridgehead atoms. The largest absolute Gasteiger partial charge is 0.349 e. The summed E-state index contributed by atoms with van der Waals surface area (Å²) in [4.78, 5) is 1.76. The lowest BCUT2D eigenvalue weighted by Gasteiger charge is -2.22. The second-order valence-electron chi connectivity index (χ2n) is 3.79. The number of quaternary nitrogens is 2. The molecule has 1 aliphatic heterocycles. The Morgan fingerprint density at radius 1 is 1.15 bits per heavy atom. The Hall–Kier alpha value is -0.800. The fraction of sp³-hybridized carbons (Fsp3) is 0.600. The van der Waals surface area contributed by atoms with Crippen molar-refractivity contribution in [3.8, 4) is 0 Å². The molecule has 3 N–H and O–H groups in total. The Balaban J connectivity index is 1.72. The van der Waals surface area contributed by atoms with Gasteiger partial charge in [0.15, 0.2) is 0 Å². The summed E-state index contributed by atoms with van der Waals surface area (Å²) in [7, 11) is 0. The quantitative estimate of drug-likeness (QED) is 0.537. The van der Waals surface area contributed by atoms with E-state index in [2.05, 4.69) is 34.4 Å². The molecule has 0 amide bonds. The molecular weight excluding hydrogens is 162 g/mol. The van der Waals surface area contributed by atoms with Gasteiger partial charge in [0.1, 0.15) is 26.2 Å². The van der Waals surface area contributed by atoms with Gasteiger partial charge in [-0.05, 0) is 12.1 Å². The average molecular weight is 181 g/mol.